The van der Waals surface area contributed by atoms with Gasteiger partial charge in [-0.3, -0.25) is 9.59 Å². The number of carbonyl (C=O) groups excluding carboxylic acids is 2. The van der Waals surface area contributed by atoms with Crippen LogP contribution in [-0.4, -0.2) is 42.0 Å². The zero-order chi connectivity index (χ0) is 24.2. The van der Waals surface area contributed by atoms with Crippen LogP contribution >= 0.6 is 0 Å². The van der Waals surface area contributed by atoms with Crippen LogP contribution in [0.2, 0.25) is 0 Å². The van der Waals surface area contributed by atoms with E-state index in [0.29, 0.717) is 29.4 Å². The summed E-state index contributed by atoms with van der Waals surface area (Å²) in [6, 6.07) is 17.6. The van der Waals surface area contributed by atoms with Gasteiger partial charge in [0.15, 0.2) is 0 Å². The highest BCUT2D eigenvalue weighted by atomic mass is 16.5. The van der Waals surface area contributed by atoms with Crippen LogP contribution in [0.25, 0.3) is 5.76 Å². The van der Waals surface area contributed by atoms with Crippen LogP contribution in [0.1, 0.15) is 34.3 Å². The highest BCUT2D eigenvalue weighted by molar-refractivity contribution is 6.46. The molecular weight excluding hydrogens is 434 g/mol. The summed E-state index contributed by atoms with van der Waals surface area (Å²) >= 11 is 0. The van der Waals surface area contributed by atoms with Crippen LogP contribution < -0.4 is 4.74 Å². The Morgan fingerprint density at radius 3 is 2.47 bits per heavy atom. The van der Waals surface area contributed by atoms with E-state index in [-0.39, 0.29) is 24.5 Å². The Morgan fingerprint density at radius 2 is 1.82 bits per heavy atom. The standard InChI is InChI=1S/C27H27NO6/c1-17-15-20(10-12-21(17)33-16-19-7-5-4-6-8-19)25(29)23-24(22-11-9-18(2)34-22)28(13-14-32-3)27(31)26(23)30/h4-12,15,24,29H,13-14,16H2,1-3H3/b25-23-. The van der Waals surface area contributed by atoms with Crippen molar-refractivity contribution >= 4 is 17.4 Å². The Hall–Kier alpha value is -3.84. The van der Waals surface area contributed by atoms with Crippen molar-refractivity contribution in [2.45, 2.75) is 26.5 Å². The van der Waals surface area contributed by atoms with E-state index in [4.69, 9.17) is 13.9 Å². The maximum atomic E-state index is 13.0. The van der Waals surface area contributed by atoms with Crippen molar-refractivity contribution < 1.29 is 28.6 Å². The van der Waals surface area contributed by atoms with Crippen LogP contribution in [0.5, 0.6) is 5.75 Å². The summed E-state index contributed by atoms with van der Waals surface area (Å²) in [5.74, 6) is 0.0121. The number of benzene rings is 2. The summed E-state index contributed by atoms with van der Waals surface area (Å²) in [6.07, 6.45) is 0. The smallest absolute Gasteiger partial charge is 0.295 e. The van der Waals surface area contributed by atoms with Crippen molar-refractivity contribution in [3.05, 3.63) is 94.4 Å². The Kier molecular flexibility index (Phi) is 6.84. The zero-order valence-corrected chi connectivity index (χ0v) is 19.4. The fraction of sp³-hybridized carbons (Fsp3) is 0.259. The average Bonchev–Trinajstić information content (AvgIpc) is 3.37. The highest BCUT2D eigenvalue weighted by Gasteiger charge is 2.47. The van der Waals surface area contributed by atoms with Gasteiger partial charge in [-0.25, -0.2) is 0 Å². The van der Waals surface area contributed by atoms with Crippen molar-refractivity contribution in [1.82, 2.24) is 4.90 Å². The first-order chi connectivity index (χ1) is 16.4. The molecule has 1 amide bonds. The van der Waals surface area contributed by atoms with Crippen molar-refractivity contribution in [2.24, 2.45) is 0 Å². The Bertz CT molecular complexity index is 1230. The monoisotopic (exact) mass is 461 g/mol. The molecule has 176 valence electrons. The lowest BCUT2D eigenvalue weighted by Crippen LogP contribution is -2.32. The summed E-state index contributed by atoms with van der Waals surface area (Å²) in [5.41, 5.74) is 2.24. The molecule has 1 aliphatic rings. The molecular formula is C27H27NO6. The van der Waals surface area contributed by atoms with Gasteiger partial charge in [0.1, 0.15) is 35.7 Å². The van der Waals surface area contributed by atoms with Gasteiger partial charge < -0.3 is 23.9 Å². The molecule has 1 aliphatic heterocycles. The van der Waals surface area contributed by atoms with E-state index in [1.165, 1.54) is 12.0 Å². The van der Waals surface area contributed by atoms with Gasteiger partial charge >= 0.3 is 0 Å². The van der Waals surface area contributed by atoms with E-state index in [1.807, 2.05) is 37.3 Å². The number of ether oxygens (including phenoxy) is 2. The normalized spacial score (nSPS) is 17.4. The first-order valence-electron chi connectivity index (χ1n) is 11.0. The maximum Gasteiger partial charge on any atom is 0.295 e. The van der Waals surface area contributed by atoms with Crippen molar-refractivity contribution in [3.8, 4) is 5.75 Å². The first-order valence-corrected chi connectivity index (χ1v) is 11.0. The number of methoxy groups -OCH3 is 1. The SMILES string of the molecule is COCCN1C(=O)C(=O)/C(=C(\O)c2ccc(OCc3ccccc3)c(C)c2)C1c1ccc(C)o1. The molecule has 0 aliphatic carbocycles. The molecule has 1 unspecified atom stereocenters. The lowest BCUT2D eigenvalue weighted by atomic mass is 9.98. The predicted molar refractivity (Wildman–Crippen MR) is 126 cm³/mol. The number of furan rings is 1. The number of Topliss-reactive ketones (excluding diaryl/α,β-unsaturated/α-hetero) is 1. The minimum absolute atomic E-state index is 0.00666. The van der Waals surface area contributed by atoms with E-state index < -0.39 is 17.7 Å². The highest BCUT2D eigenvalue weighted by Crippen LogP contribution is 2.40. The number of aliphatic hydroxyl groups is 1. The van der Waals surface area contributed by atoms with Gasteiger partial charge in [-0.2, -0.15) is 0 Å². The summed E-state index contributed by atoms with van der Waals surface area (Å²) in [6.45, 7) is 4.49. The number of nitrogens with zero attached hydrogens (tertiary/aromatic N) is 1. The fourth-order valence-corrected chi connectivity index (χ4v) is 4.05. The summed E-state index contributed by atoms with van der Waals surface area (Å²) in [5, 5.41) is 11.2. The molecule has 2 aromatic carbocycles. The lowest BCUT2D eigenvalue weighted by molar-refractivity contribution is -0.140. The molecule has 1 aromatic heterocycles. The quantitative estimate of drug-likeness (QED) is 0.301. The minimum Gasteiger partial charge on any atom is -0.507 e. The number of likely N-dealkylation sites (tertiary alicyclic amines) is 1. The van der Waals surface area contributed by atoms with Crippen molar-refractivity contribution in [2.75, 3.05) is 20.3 Å². The molecule has 0 bridgehead atoms. The fourth-order valence-electron chi connectivity index (χ4n) is 4.05. The largest absolute Gasteiger partial charge is 0.507 e. The lowest BCUT2D eigenvalue weighted by Gasteiger charge is -2.23. The Morgan fingerprint density at radius 1 is 1.06 bits per heavy atom. The third-order valence-corrected chi connectivity index (χ3v) is 5.79. The van der Waals surface area contributed by atoms with Gasteiger partial charge in [0, 0.05) is 19.2 Å². The van der Waals surface area contributed by atoms with Gasteiger partial charge in [0.05, 0.1) is 12.2 Å². The molecule has 4 rings (SSSR count). The molecule has 0 saturated carbocycles. The van der Waals surface area contributed by atoms with Crippen LogP contribution in [0, 0.1) is 13.8 Å². The maximum absolute atomic E-state index is 13.0. The summed E-state index contributed by atoms with van der Waals surface area (Å²) in [4.78, 5) is 27.2. The van der Waals surface area contributed by atoms with Gasteiger partial charge in [0.25, 0.3) is 11.7 Å². The Balaban J connectivity index is 1.68. The van der Waals surface area contributed by atoms with Gasteiger partial charge in [0.2, 0.25) is 0 Å². The number of hydrogen-bond donors (Lipinski definition) is 1. The first kappa shape index (κ1) is 23.3. The van der Waals surface area contributed by atoms with Crippen molar-refractivity contribution in [3.63, 3.8) is 0 Å². The second-order valence-corrected chi connectivity index (χ2v) is 8.19. The third-order valence-electron chi connectivity index (χ3n) is 5.79. The zero-order valence-electron chi connectivity index (χ0n) is 19.4. The van der Waals surface area contributed by atoms with Crippen LogP contribution in [-0.2, 0) is 20.9 Å². The van der Waals surface area contributed by atoms with Crippen molar-refractivity contribution in [1.29, 1.82) is 0 Å². The number of aliphatic hydroxyl groups excluding tert-OH is 1. The number of carbonyl (C=O) groups is 2. The number of amides is 1. The molecule has 7 heteroatoms. The number of aryl methyl sites for hydroxylation is 2. The molecule has 1 N–H and O–H groups in total. The number of ketones is 1. The van der Waals surface area contributed by atoms with Gasteiger partial charge in [-0.05, 0) is 55.3 Å². The van der Waals surface area contributed by atoms with E-state index in [2.05, 4.69) is 0 Å². The number of rotatable bonds is 8. The minimum atomic E-state index is -0.835. The summed E-state index contributed by atoms with van der Waals surface area (Å²) < 4.78 is 16.8. The van der Waals surface area contributed by atoms with Crippen LogP contribution in [0.4, 0.5) is 0 Å². The van der Waals surface area contributed by atoms with E-state index in [9.17, 15) is 14.7 Å². The van der Waals surface area contributed by atoms with E-state index in [1.54, 1.807) is 37.3 Å². The Labute approximate surface area is 198 Å². The average molecular weight is 462 g/mol. The molecule has 0 radical (unpaired) electrons. The van der Waals surface area contributed by atoms with Gasteiger partial charge in [-0.1, -0.05) is 30.3 Å². The van der Waals surface area contributed by atoms with Gasteiger partial charge in [-0.15, -0.1) is 0 Å². The van der Waals surface area contributed by atoms with E-state index >= 15 is 0 Å². The molecule has 1 fully saturated rings. The molecule has 7 nitrogen and oxygen atoms in total. The van der Waals surface area contributed by atoms with Crippen LogP contribution in [0.15, 0.2) is 70.7 Å². The number of hydrogen-bond acceptors (Lipinski definition) is 6. The molecule has 1 saturated heterocycles. The molecule has 0 spiro atoms. The predicted octanol–water partition coefficient (Wildman–Crippen LogP) is 4.54. The molecule has 34 heavy (non-hydrogen) atoms. The summed E-state index contributed by atoms with van der Waals surface area (Å²) in [7, 11) is 1.52. The topological polar surface area (TPSA) is 89.2 Å². The van der Waals surface area contributed by atoms with E-state index in [0.717, 1.165) is 11.1 Å². The molecule has 1 atom stereocenters. The van der Waals surface area contributed by atoms with Crippen LogP contribution in [0.3, 0.4) is 0 Å². The molecule has 2 heterocycles. The third kappa shape index (κ3) is 4.61. The molecule has 3 aromatic rings. The second kappa shape index (κ2) is 9.97. The second-order valence-electron chi connectivity index (χ2n) is 8.19.